The Hall–Kier alpha value is -2.15. The molecule has 1 nitrogen and oxygen atoms in total. The van der Waals surface area contributed by atoms with Gasteiger partial charge in [-0.2, -0.15) is 0 Å². The van der Waals surface area contributed by atoms with E-state index >= 15 is 0 Å². The zero-order valence-electron chi connectivity index (χ0n) is 11.9. The summed E-state index contributed by atoms with van der Waals surface area (Å²) in [7, 11) is 0. The standard InChI is InChI=1S/C19H18O/c1-3-19(20)18-12-15-7-5-4-6-14(15)11-17(18)16-9-8-13(2)10-16/h4-12,16H,3H2,1-2H3. The lowest BCUT2D eigenvalue weighted by molar-refractivity contribution is 0.0987. The molecular formula is C19H18O. The molecule has 0 radical (unpaired) electrons. The summed E-state index contributed by atoms with van der Waals surface area (Å²) in [5.41, 5.74) is 3.26. The number of ketones is 1. The summed E-state index contributed by atoms with van der Waals surface area (Å²) >= 11 is 0. The van der Waals surface area contributed by atoms with Gasteiger partial charge in [0.05, 0.1) is 0 Å². The smallest absolute Gasteiger partial charge is 0.162 e. The van der Waals surface area contributed by atoms with E-state index in [-0.39, 0.29) is 11.7 Å². The molecule has 2 aromatic rings. The molecule has 0 fully saturated rings. The lowest BCUT2D eigenvalue weighted by Gasteiger charge is -2.14. The molecule has 0 N–H and O–H groups in total. The van der Waals surface area contributed by atoms with Crippen molar-refractivity contribution < 1.29 is 4.79 Å². The molecule has 0 amide bonds. The first-order valence-electron chi connectivity index (χ1n) is 7.11. The van der Waals surface area contributed by atoms with Crippen molar-refractivity contribution in [3.63, 3.8) is 0 Å². The first kappa shape index (κ1) is 12.9. The van der Waals surface area contributed by atoms with Gasteiger partial charge < -0.3 is 0 Å². The van der Waals surface area contributed by atoms with Gasteiger partial charge in [-0.3, -0.25) is 4.79 Å². The number of carbonyl (C=O) groups excluding carboxylic acids is 1. The third-order valence-corrected chi connectivity index (χ3v) is 3.91. The van der Waals surface area contributed by atoms with Crippen LogP contribution in [0.4, 0.5) is 0 Å². The Morgan fingerprint density at radius 3 is 2.45 bits per heavy atom. The van der Waals surface area contributed by atoms with E-state index in [1.54, 1.807) is 0 Å². The lowest BCUT2D eigenvalue weighted by atomic mass is 9.89. The molecule has 0 bridgehead atoms. The van der Waals surface area contributed by atoms with E-state index in [9.17, 15) is 4.79 Å². The van der Waals surface area contributed by atoms with Crippen molar-refractivity contribution in [1.29, 1.82) is 0 Å². The number of hydrogen-bond donors (Lipinski definition) is 0. The fourth-order valence-corrected chi connectivity index (χ4v) is 2.81. The molecule has 0 saturated heterocycles. The SMILES string of the molecule is CCC(=O)c1cc2ccccc2cc1C1C=CC(C)=C1. The van der Waals surface area contributed by atoms with E-state index in [1.807, 2.05) is 25.1 Å². The van der Waals surface area contributed by atoms with Crippen molar-refractivity contribution in [2.75, 3.05) is 0 Å². The predicted octanol–water partition coefficient (Wildman–Crippen LogP) is 5.03. The fourth-order valence-electron chi connectivity index (χ4n) is 2.81. The average Bonchev–Trinajstić information content (AvgIpc) is 2.91. The molecule has 20 heavy (non-hydrogen) atoms. The van der Waals surface area contributed by atoms with Crippen LogP contribution >= 0.6 is 0 Å². The number of rotatable bonds is 3. The molecule has 0 aliphatic heterocycles. The van der Waals surface area contributed by atoms with Crippen LogP contribution in [0.15, 0.2) is 60.2 Å². The summed E-state index contributed by atoms with van der Waals surface area (Å²) in [4.78, 5) is 12.3. The lowest BCUT2D eigenvalue weighted by Crippen LogP contribution is -2.04. The number of carbonyl (C=O) groups is 1. The van der Waals surface area contributed by atoms with Crippen LogP contribution in [0.5, 0.6) is 0 Å². The third kappa shape index (κ3) is 2.20. The quantitative estimate of drug-likeness (QED) is 0.709. The van der Waals surface area contributed by atoms with Gasteiger partial charge in [-0.1, -0.05) is 55.0 Å². The Labute approximate surface area is 119 Å². The van der Waals surface area contributed by atoms with Gasteiger partial charge in [0.25, 0.3) is 0 Å². The van der Waals surface area contributed by atoms with Gasteiger partial charge in [0, 0.05) is 17.9 Å². The number of benzene rings is 2. The highest BCUT2D eigenvalue weighted by Gasteiger charge is 2.18. The molecule has 0 spiro atoms. The van der Waals surface area contributed by atoms with E-state index in [1.165, 1.54) is 11.0 Å². The number of fused-ring (bicyclic) bond motifs is 1. The molecule has 1 unspecified atom stereocenters. The minimum Gasteiger partial charge on any atom is -0.294 e. The third-order valence-electron chi connectivity index (χ3n) is 3.91. The van der Waals surface area contributed by atoms with Gasteiger partial charge in [-0.25, -0.2) is 0 Å². The monoisotopic (exact) mass is 262 g/mol. The van der Waals surface area contributed by atoms with Crippen LogP contribution in [0.1, 0.15) is 42.1 Å². The number of allylic oxidation sites excluding steroid dienone is 4. The van der Waals surface area contributed by atoms with Crippen LogP contribution in [-0.4, -0.2) is 5.78 Å². The number of Topliss-reactive ketones (excluding diaryl/α,β-unsaturated/α-hetero) is 1. The van der Waals surface area contributed by atoms with Gasteiger partial charge in [0.15, 0.2) is 5.78 Å². The maximum Gasteiger partial charge on any atom is 0.162 e. The normalized spacial score (nSPS) is 17.5. The number of hydrogen-bond acceptors (Lipinski definition) is 1. The molecule has 1 aliphatic carbocycles. The minimum atomic E-state index is 0.220. The summed E-state index contributed by atoms with van der Waals surface area (Å²) in [6.07, 6.45) is 7.06. The van der Waals surface area contributed by atoms with Crippen LogP contribution in [0.25, 0.3) is 10.8 Å². The predicted molar refractivity (Wildman–Crippen MR) is 84.2 cm³/mol. The van der Waals surface area contributed by atoms with Crippen molar-refractivity contribution in [2.24, 2.45) is 0 Å². The first-order chi connectivity index (χ1) is 9.69. The van der Waals surface area contributed by atoms with Gasteiger partial charge in [-0.05, 0) is 35.4 Å². The molecule has 2 aromatic carbocycles. The molecule has 0 heterocycles. The second-order valence-corrected chi connectivity index (χ2v) is 5.36. The van der Waals surface area contributed by atoms with Crippen LogP contribution in [0.2, 0.25) is 0 Å². The molecule has 3 rings (SSSR count). The summed E-state index contributed by atoms with van der Waals surface area (Å²) < 4.78 is 0. The maximum absolute atomic E-state index is 12.3. The van der Waals surface area contributed by atoms with Crippen molar-refractivity contribution in [3.8, 4) is 0 Å². The van der Waals surface area contributed by atoms with Crippen LogP contribution in [0, 0.1) is 0 Å². The van der Waals surface area contributed by atoms with E-state index in [4.69, 9.17) is 0 Å². The van der Waals surface area contributed by atoms with Crippen LogP contribution < -0.4 is 0 Å². The zero-order chi connectivity index (χ0) is 14.1. The van der Waals surface area contributed by atoms with E-state index < -0.39 is 0 Å². The summed E-state index contributed by atoms with van der Waals surface area (Å²) in [6, 6.07) is 12.4. The topological polar surface area (TPSA) is 17.1 Å². The maximum atomic E-state index is 12.3. The first-order valence-corrected chi connectivity index (χ1v) is 7.11. The molecule has 1 aliphatic rings. The van der Waals surface area contributed by atoms with Gasteiger partial charge >= 0.3 is 0 Å². The Morgan fingerprint density at radius 1 is 1.15 bits per heavy atom. The van der Waals surface area contributed by atoms with Gasteiger partial charge in [0.1, 0.15) is 0 Å². The zero-order valence-corrected chi connectivity index (χ0v) is 11.9. The summed E-state index contributed by atoms with van der Waals surface area (Å²) in [5.74, 6) is 0.446. The highest BCUT2D eigenvalue weighted by atomic mass is 16.1. The van der Waals surface area contributed by atoms with Gasteiger partial charge in [0.2, 0.25) is 0 Å². The van der Waals surface area contributed by atoms with E-state index in [0.29, 0.717) is 6.42 Å². The van der Waals surface area contributed by atoms with Crippen molar-refractivity contribution in [2.45, 2.75) is 26.2 Å². The molecule has 1 heteroatoms. The summed E-state index contributed by atoms with van der Waals surface area (Å²) in [5, 5.41) is 2.33. The highest BCUT2D eigenvalue weighted by molar-refractivity contribution is 6.01. The second kappa shape index (κ2) is 5.09. The molecule has 0 saturated carbocycles. The van der Waals surface area contributed by atoms with Crippen molar-refractivity contribution in [1.82, 2.24) is 0 Å². The highest BCUT2D eigenvalue weighted by Crippen LogP contribution is 2.32. The van der Waals surface area contributed by atoms with Crippen molar-refractivity contribution >= 4 is 16.6 Å². The molecule has 1 atom stereocenters. The summed E-state index contributed by atoms with van der Waals surface area (Å²) in [6.45, 7) is 4.02. The Balaban J connectivity index is 2.22. The van der Waals surface area contributed by atoms with Gasteiger partial charge in [-0.15, -0.1) is 0 Å². The van der Waals surface area contributed by atoms with Crippen molar-refractivity contribution in [3.05, 3.63) is 71.3 Å². The van der Waals surface area contributed by atoms with E-state index in [2.05, 4.69) is 43.4 Å². The molecule has 0 aromatic heterocycles. The molecular weight excluding hydrogens is 244 g/mol. The Morgan fingerprint density at radius 2 is 1.85 bits per heavy atom. The van der Waals surface area contributed by atoms with Crippen LogP contribution in [-0.2, 0) is 0 Å². The Kier molecular flexibility index (Phi) is 3.27. The minimum absolute atomic E-state index is 0.220. The largest absolute Gasteiger partial charge is 0.294 e. The van der Waals surface area contributed by atoms with E-state index in [0.717, 1.165) is 16.5 Å². The Bertz CT molecular complexity index is 735. The average molecular weight is 262 g/mol. The molecule has 100 valence electrons. The second-order valence-electron chi connectivity index (χ2n) is 5.36. The fraction of sp³-hybridized carbons (Fsp3) is 0.211. The van der Waals surface area contributed by atoms with Crippen LogP contribution in [0.3, 0.4) is 0 Å².